The molecule has 2 aliphatic rings. The molecule has 3 N–H and O–H groups in total. The maximum absolute atomic E-state index is 11.9. The first-order chi connectivity index (χ1) is 13.6. The van der Waals surface area contributed by atoms with Gasteiger partial charge in [0.2, 0.25) is 5.91 Å². The van der Waals surface area contributed by atoms with E-state index in [4.69, 9.17) is 0 Å². The molecule has 1 saturated carbocycles. The molecule has 1 heterocycles. The SMILES string of the molecule is CCNC(=NCc1ccc(N2CCCC2=O)cc1)NCC1(O)CCC1SCC.I. The van der Waals surface area contributed by atoms with Crippen molar-refractivity contribution in [3.05, 3.63) is 29.8 Å². The summed E-state index contributed by atoms with van der Waals surface area (Å²) in [4.78, 5) is 18.4. The second-order valence-electron chi connectivity index (χ2n) is 7.45. The average Bonchev–Trinajstić information content (AvgIpc) is 3.13. The van der Waals surface area contributed by atoms with Crippen LogP contribution in [0.4, 0.5) is 5.69 Å². The summed E-state index contributed by atoms with van der Waals surface area (Å²) in [5.74, 6) is 1.96. The van der Waals surface area contributed by atoms with Crippen LogP contribution < -0.4 is 15.5 Å². The van der Waals surface area contributed by atoms with E-state index in [-0.39, 0.29) is 29.9 Å². The van der Waals surface area contributed by atoms with Gasteiger partial charge in [0.05, 0.1) is 12.1 Å². The number of amides is 1. The van der Waals surface area contributed by atoms with Crippen LogP contribution in [0.2, 0.25) is 0 Å². The van der Waals surface area contributed by atoms with E-state index in [0.717, 1.165) is 55.3 Å². The van der Waals surface area contributed by atoms with E-state index in [0.29, 0.717) is 24.8 Å². The standard InChI is InChI=1S/C21H32N4O2S.HI/c1-3-22-20(24-15-21(27)12-11-18(21)28-4-2)23-14-16-7-9-17(10-8-16)25-13-5-6-19(25)26;/h7-10,18,27H,3-6,11-15H2,1-2H3,(H2,22,23,24);1H. The van der Waals surface area contributed by atoms with Gasteiger partial charge in [-0.3, -0.25) is 4.79 Å². The molecule has 1 aromatic carbocycles. The van der Waals surface area contributed by atoms with Gasteiger partial charge in [-0.2, -0.15) is 11.8 Å². The maximum atomic E-state index is 11.9. The quantitative estimate of drug-likeness (QED) is 0.273. The first-order valence-electron chi connectivity index (χ1n) is 10.3. The zero-order valence-electron chi connectivity index (χ0n) is 17.3. The van der Waals surface area contributed by atoms with Crippen molar-refractivity contribution in [1.82, 2.24) is 10.6 Å². The van der Waals surface area contributed by atoms with Crippen LogP contribution >= 0.6 is 35.7 Å². The number of rotatable bonds is 8. The smallest absolute Gasteiger partial charge is 0.227 e. The fraction of sp³-hybridized carbons (Fsp3) is 0.619. The molecule has 2 atom stereocenters. The Morgan fingerprint density at radius 1 is 1.31 bits per heavy atom. The molecule has 29 heavy (non-hydrogen) atoms. The summed E-state index contributed by atoms with van der Waals surface area (Å²) in [7, 11) is 0. The third-order valence-corrected chi connectivity index (χ3v) is 6.86. The molecule has 1 aliphatic carbocycles. The highest BCUT2D eigenvalue weighted by molar-refractivity contribution is 14.0. The first-order valence-corrected chi connectivity index (χ1v) is 11.4. The van der Waals surface area contributed by atoms with Crippen molar-refractivity contribution in [1.29, 1.82) is 0 Å². The highest BCUT2D eigenvalue weighted by Gasteiger charge is 2.45. The van der Waals surface area contributed by atoms with Crippen LogP contribution in [-0.4, -0.2) is 53.2 Å². The molecule has 0 bridgehead atoms. The van der Waals surface area contributed by atoms with Gasteiger partial charge in [0.25, 0.3) is 0 Å². The Balaban J connectivity index is 0.00000300. The first kappa shape index (κ1) is 24.3. The normalized spacial score (nSPS) is 24.1. The molecule has 0 radical (unpaired) electrons. The van der Waals surface area contributed by atoms with E-state index in [9.17, 15) is 9.90 Å². The molecule has 162 valence electrons. The summed E-state index contributed by atoms with van der Waals surface area (Å²) in [5, 5.41) is 17.6. The van der Waals surface area contributed by atoms with E-state index in [1.54, 1.807) is 0 Å². The molecule has 0 spiro atoms. The topological polar surface area (TPSA) is 77.0 Å². The van der Waals surface area contributed by atoms with E-state index in [2.05, 4.69) is 22.5 Å². The Morgan fingerprint density at radius 2 is 2.07 bits per heavy atom. The lowest BCUT2D eigenvalue weighted by molar-refractivity contribution is -0.117. The number of halogens is 1. The largest absolute Gasteiger partial charge is 0.387 e. The molecule has 0 aromatic heterocycles. The minimum Gasteiger partial charge on any atom is -0.387 e. The van der Waals surface area contributed by atoms with Gasteiger partial charge in [-0.25, -0.2) is 4.99 Å². The van der Waals surface area contributed by atoms with Gasteiger partial charge < -0.3 is 20.6 Å². The summed E-state index contributed by atoms with van der Waals surface area (Å²) >= 11 is 1.83. The van der Waals surface area contributed by atoms with E-state index in [1.165, 1.54) is 0 Å². The van der Waals surface area contributed by atoms with Gasteiger partial charge in [-0.15, -0.1) is 24.0 Å². The summed E-state index contributed by atoms with van der Waals surface area (Å²) in [6.45, 7) is 6.82. The number of hydrogen-bond donors (Lipinski definition) is 3. The molecule has 3 rings (SSSR count). The van der Waals surface area contributed by atoms with Crippen molar-refractivity contribution < 1.29 is 9.90 Å². The minimum atomic E-state index is -0.638. The van der Waals surface area contributed by atoms with Crippen molar-refractivity contribution >= 4 is 53.3 Å². The van der Waals surface area contributed by atoms with E-state index < -0.39 is 5.60 Å². The number of nitrogens with zero attached hydrogens (tertiary/aromatic N) is 2. The Kier molecular flexibility index (Phi) is 9.55. The number of anilines is 1. The monoisotopic (exact) mass is 532 g/mol. The number of carbonyl (C=O) groups excluding carboxylic acids is 1. The molecule has 8 heteroatoms. The number of nitrogens with one attached hydrogen (secondary N) is 2. The maximum Gasteiger partial charge on any atom is 0.227 e. The number of carbonyl (C=O) groups is 1. The number of guanidine groups is 1. The highest BCUT2D eigenvalue weighted by atomic mass is 127. The molecule has 2 unspecified atom stereocenters. The molecule has 6 nitrogen and oxygen atoms in total. The Hall–Kier alpha value is -1.00. The zero-order chi connectivity index (χ0) is 20.0. The Labute approximate surface area is 195 Å². The molecule has 2 fully saturated rings. The van der Waals surface area contributed by atoms with Crippen LogP contribution in [0.25, 0.3) is 0 Å². The molecule has 1 saturated heterocycles. The van der Waals surface area contributed by atoms with Crippen LogP contribution in [0.5, 0.6) is 0 Å². The van der Waals surface area contributed by atoms with Crippen LogP contribution in [0.3, 0.4) is 0 Å². The van der Waals surface area contributed by atoms with Crippen molar-refractivity contribution in [2.75, 3.05) is 30.3 Å². The predicted molar refractivity (Wildman–Crippen MR) is 132 cm³/mol. The van der Waals surface area contributed by atoms with Gasteiger partial charge in [-0.05, 0) is 49.6 Å². The fourth-order valence-electron chi connectivity index (χ4n) is 3.69. The number of thioether (sulfide) groups is 1. The van der Waals surface area contributed by atoms with Crippen molar-refractivity contribution in [2.24, 2.45) is 4.99 Å². The van der Waals surface area contributed by atoms with Gasteiger partial charge in [0.1, 0.15) is 0 Å². The fourth-order valence-corrected chi connectivity index (χ4v) is 4.89. The number of hydrogen-bond acceptors (Lipinski definition) is 4. The van der Waals surface area contributed by atoms with Gasteiger partial charge in [0.15, 0.2) is 5.96 Å². The summed E-state index contributed by atoms with van der Waals surface area (Å²) in [6.07, 6.45) is 3.50. The van der Waals surface area contributed by atoms with E-state index in [1.807, 2.05) is 47.9 Å². The van der Waals surface area contributed by atoms with Crippen molar-refractivity contribution in [3.63, 3.8) is 0 Å². The van der Waals surface area contributed by atoms with Crippen molar-refractivity contribution in [2.45, 2.75) is 56.9 Å². The molecule has 1 aromatic rings. The van der Waals surface area contributed by atoms with Crippen LogP contribution in [-0.2, 0) is 11.3 Å². The third kappa shape index (κ3) is 6.24. The number of aliphatic hydroxyl groups is 1. The lowest BCUT2D eigenvalue weighted by atomic mass is 9.79. The van der Waals surface area contributed by atoms with E-state index >= 15 is 0 Å². The lowest BCUT2D eigenvalue weighted by Gasteiger charge is -2.45. The van der Waals surface area contributed by atoms with Crippen molar-refractivity contribution in [3.8, 4) is 0 Å². The third-order valence-electron chi connectivity index (χ3n) is 5.45. The summed E-state index contributed by atoms with van der Waals surface area (Å²) in [6, 6.07) is 8.05. The minimum absolute atomic E-state index is 0. The number of benzene rings is 1. The second-order valence-corrected chi connectivity index (χ2v) is 8.93. The van der Waals surface area contributed by atoms with Gasteiger partial charge >= 0.3 is 0 Å². The highest BCUT2D eigenvalue weighted by Crippen LogP contribution is 2.40. The van der Waals surface area contributed by atoms with Crippen LogP contribution in [0.15, 0.2) is 29.3 Å². The lowest BCUT2D eigenvalue weighted by Crippen LogP contribution is -2.58. The number of aliphatic imine (C=N–C) groups is 1. The zero-order valence-corrected chi connectivity index (χ0v) is 20.5. The van der Waals surface area contributed by atoms with Crippen LogP contribution in [0, 0.1) is 0 Å². The molecule has 1 amide bonds. The van der Waals surface area contributed by atoms with Crippen LogP contribution in [0.1, 0.15) is 45.1 Å². The summed E-state index contributed by atoms with van der Waals surface area (Å²) in [5.41, 5.74) is 1.42. The predicted octanol–water partition coefficient (Wildman–Crippen LogP) is 3.13. The molecular formula is C21H33IN4O2S. The Bertz CT molecular complexity index is 700. The average molecular weight is 532 g/mol. The molecular weight excluding hydrogens is 499 g/mol. The molecule has 1 aliphatic heterocycles. The van der Waals surface area contributed by atoms with Gasteiger partial charge in [-0.1, -0.05) is 19.1 Å². The second kappa shape index (κ2) is 11.4. The Morgan fingerprint density at radius 3 is 2.62 bits per heavy atom. The van der Waals surface area contributed by atoms with Gasteiger partial charge in [0, 0.05) is 37.0 Å². The summed E-state index contributed by atoms with van der Waals surface area (Å²) < 4.78 is 0.